The molecule has 144 valence electrons. The van der Waals surface area contributed by atoms with Gasteiger partial charge in [-0.1, -0.05) is 12.1 Å². The van der Waals surface area contributed by atoms with Gasteiger partial charge in [0.1, 0.15) is 11.5 Å². The second kappa shape index (κ2) is 8.30. The minimum atomic E-state index is -0.309. The first-order valence-corrected chi connectivity index (χ1v) is 8.96. The number of aryl methyl sites for hydroxylation is 2. The molecule has 0 atom stereocenters. The molecule has 1 N–H and O–H groups in total. The van der Waals surface area contributed by atoms with Gasteiger partial charge in [-0.15, -0.1) is 0 Å². The van der Waals surface area contributed by atoms with Crippen LogP contribution in [0.4, 0.5) is 4.39 Å². The Morgan fingerprint density at radius 1 is 1.19 bits per heavy atom. The average molecular weight is 373 g/mol. The summed E-state index contributed by atoms with van der Waals surface area (Å²) in [6, 6.07) is 8.26. The highest BCUT2D eigenvalue weighted by molar-refractivity contribution is 5.95. The number of hydrogen-bond donors (Lipinski definition) is 1. The Kier molecular flexibility index (Phi) is 5.85. The van der Waals surface area contributed by atoms with Crippen LogP contribution < -0.4 is 5.32 Å². The van der Waals surface area contributed by atoms with Crippen LogP contribution in [0.25, 0.3) is 0 Å². The SMILES string of the molecule is Cc1cc(C(=O)NCC(=O)N2CCN(Cc3cccc(F)c3)CC2)n(C)n1. The molecule has 0 spiro atoms. The number of aromatic nitrogens is 2. The molecule has 27 heavy (non-hydrogen) atoms. The summed E-state index contributed by atoms with van der Waals surface area (Å²) in [5.41, 5.74) is 2.11. The number of nitrogens with one attached hydrogen (secondary N) is 1. The normalized spacial score (nSPS) is 15.0. The molecule has 2 heterocycles. The van der Waals surface area contributed by atoms with Gasteiger partial charge in [-0.3, -0.25) is 19.2 Å². The fourth-order valence-corrected chi connectivity index (χ4v) is 3.23. The number of hydrogen-bond acceptors (Lipinski definition) is 4. The monoisotopic (exact) mass is 373 g/mol. The van der Waals surface area contributed by atoms with Crippen molar-refractivity contribution in [3.05, 3.63) is 53.1 Å². The van der Waals surface area contributed by atoms with Crippen molar-refractivity contribution in [2.75, 3.05) is 32.7 Å². The number of benzene rings is 1. The second-order valence-corrected chi connectivity index (χ2v) is 6.76. The van der Waals surface area contributed by atoms with Gasteiger partial charge in [-0.25, -0.2) is 4.39 Å². The molecule has 0 saturated carbocycles. The Bertz CT molecular complexity index is 827. The van der Waals surface area contributed by atoms with E-state index in [1.54, 1.807) is 24.1 Å². The van der Waals surface area contributed by atoms with Gasteiger partial charge in [0, 0.05) is 39.8 Å². The van der Waals surface area contributed by atoms with Crippen molar-refractivity contribution in [3.63, 3.8) is 0 Å². The molecular formula is C19H24FN5O2. The third-order valence-corrected chi connectivity index (χ3v) is 4.65. The summed E-state index contributed by atoms with van der Waals surface area (Å²) >= 11 is 0. The van der Waals surface area contributed by atoms with Crippen LogP contribution in [0.5, 0.6) is 0 Å². The molecule has 3 rings (SSSR count). The van der Waals surface area contributed by atoms with Crippen LogP contribution in [-0.2, 0) is 18.4 Å². The number of rotatable bonds is 5. The van der Waals surface area contributed by atoms with E-state index in [4.69, 9.17) is 0 Å². The first kappa shape index (κ1) is 19.0. The lowest BCUT2D eigenvalue weighted by molar-refractivity contribution is -0.131. The minimum Gasteiger partial charge on any atom is -0.342 e. The van der Waals surface area contributed by atoms with Crippen molar-refractivity contribution in [1.29, 1.82) is 0 Å². The van der Waals surface area contributed by atoms with Gasteiger partial charge in [-0.05, 0) is 30.7 Å². The van der Waals surface area contributed by atoms with Gasteiger partial charge in [0.2, 0.25) is 5.91 Å². The van der Waals surface area contributed by atoms with Crippen LogP contribution in [-0.4, -0.2) is 64.1 Å². The summed E-state index contributed by atoms with van der Waals surface area (Å²) in [7, 11) is 1.70. The van der Waals surface area contributed by atoms with Crippen molar-refractivity contribution in [3.8, 4) is 0 Å². The summed E-state index contributed by atoms with van der Waals surface area (Å²) in [5, 5.41) is 6.79. The van der Waals surface area contributed by atoms with E-state index in [2.05, 4.69) is 15.3 Å². The van der Waals surface area contributed by atoms with Crippen molar-refractivity contribution in [2.24, 2.45) is 7.05 Å². The molecule has 0 unspecified atom stereocenters. The van der Waals surface area contributed by atoms with Crippen molar-refractivity contribution < 1.29 is 14.0 Å². The maximum Gasteiger partial charge on any atom is 0.269 e. The lowest BCUT2D eigenvalue weighted by atomic mass is 10.2. The molecule has 8 heteroatoms. The van der Waals surface area contributed by atoms with E-state index in [1.807, 2.05) is 13.0 Å². The topological polar surface area (TPSA) is 70.5 Å². The van der Waals surface area contributed by atoms with E-state index in [-0.39, 0.29) is 24.2 Å². The average Bonchev–Trinajstić information content (AvgIpc) is 2.98. The molecule has 1 aromatic heterocycles. The van der Waals surface area contributed by atoms with Gasteiger partial charge < -0.3 is 10.2 Å². The van der Waals surface area contributed by atoms with Crippen molar-refractivity contribution in [2.45, 2.75) is 13.5 Å². The quantitative estimate of drug-likeness (QED) is 0.847. The van der Waals surface area contributed by atoms with Crippen LogP contribution in [0.1, 0.15) is 21.7 Å². The van der Waals surface area contributed by atoms with Crippen LogP contribution in [0.3, 0.4) is 0 Å². The fourth-order valence-electron chi connectivity index (χ4n) is 3.23. The van der Waals surface area contributed by atoms with E-state index >= 15 is 0 Å². The number of piperazine rings is 1. The molecule has 0 bridgehead atoms. The number of carbonyl (C=O) groups excluding carboxylic acids is 2. The number of amides is 2. The van der Waals surface area contributed by atoms with Gasteiger partial charge in [0.25, 0.3) is 5.91 Å². The fraction of sp³-hybridized carbons (Fsp3) is 0.421. The third-order valence-electron chi connectivity index (χ3n) is 4.65. The Balaban J connectivity index is 1.44. The molecular weight excluding hydrogens is 349 g/mol. The molecule has 0 radical (unpaired) electrons. The number of halogens is 1. The zero-order chi connectivity index (χ0) is 19.4. The standard InChI is InChI=1S/C19H24FN5O2/c1-14-10-17(23(2)22-14)19(27)21-12-18(26)25-8-6-24(7-9-25)13-15-4-3-5-16(20)11-15/h3-5,10-11H,6-9,12-13H2,1-2H3,(H,21,27). The maximum atomic E-state index is 13.3. The minimum absolute atomic E-state index is 0.0348. The summed E-state index contributed by atoms with van der Waals surface area (Å²) in [6.07, 6.45) is 0. The number of nitrogens with zero attached hydrogens (tertiary/aromatic N) is 4. The first-order valence-electron chi connectivity index (χ1n) is 8.96. The third kappa shape index (κ3) is 4.91. The Hall–Kier alpha value is -2.74. The van der Waals surface area contributed by atoms with Gasteiger partial charge in [-0.2, -0.15) is 5.10 Å². The Labute approximate surface area is 157 Å². The Morgan fingerprint density at radius 3 is 2.56 bits per heavy atom. The van der Waals surface area contributed by atoms with E-state index in [1.165, 1.54) is 16.8 Å². The molecule has 2 aromatic rings. The summed E-state index contributed by atoms with van der Waals surface area (Å²) in [6.45, 7) is 5.06. The predicted molar refractivity (Wildman–Crippen MR) is 98.5 cm³/mol. The highest BCUT2D eigenvalue weighted by Crippen LogP contribution is 2.10. The predicted octanol–water partition coefficient (Wildman–Crippen LogP) is 0.942. The van der Waals surface area contributed by atoms with E-state index in [0.717, 1.165) is 24.3 Å². The molecule has 1 aliphatic rings. The summed E-state index contributed by atoms with van der Waals surface area (Å²) in [5.74, 6) is -0.649. The van der Waals surface area contributed by atoms with Crippen LogP contribution in [0.15, 0.2) is 30.3 Å². The molecule has 0 aliphatic carbocycles. The molecule has 1 fully saturated rings. The molecule has 2 amide bonds. The summed E-state index contributed by atoms with van der Waals surface area (Å²) < 4.78 is 14.8. The first-order chi connectivity index (χ1) is 12.9. The lowest BCUT2D eigenvalue weighted by Crippen LogP contribution is -2.50. The second-order valence-electron chi connectivity index (χ2n) is 6.76. The van der Waals surface area contributed by atoms with Gasteiger partial charge in [0.15, 0.2) is 0 Å². The number of carbonyl (C=O) groups is 2. The van der Waals surface area contributed by atoms with E-state index in [9.17, 15) is 14.0 Å². The highest BCUT2D eigenvalue weighted by atomic mass is 19.1. The largest absolute Gasteiger partial charge is 0.342 e. The van der Waals surface area contributed by atoms with Crippen LogP contribution >= 0.6 is 0 Å². The van der Waals surface area contributed by atoms with Gasteiger partial charge in [0.05, 0.1) is 12.2 Å². The van der Waals surface area contributed by atoms with Crippen LogP contribution in [0, 0.1) is 12.7 Å². The zero-order valence-electron chi connectivity index (χ0n) is 15.6. The molecule has 7 nitrogen and oxygen atoms in total. The van der Waals surface area contributed by atoms with Crippen molar-refractivity contribution in [1.82, 2.24) is 24.9 Å². The molecule has 1 aromatic carbocycles. The van der Waals surface area contributed by atoms with E-state index < -0.39 is 0 Å². The van der Waals surface area contributed by atoms with Crippen molar-refractivity contribution >= 4 is 11.8 Å². The highest BCUT2D eigenvalue weighted by Gasteiger charge is 2.22. The smallest absolute Gasteiger partial charge is 0.269 e. The molecule has 1 aliphatic heterocycles. The lowest BCUT2D eigenvalue weighted by Gasteiger charge is -2.34. The van der Waals surface area contributed by atoms with Gasteiger partial charge >= 0.3 is 0 Å². The summed E-state index contributed by atoms with van der Waals surface area (Å²) in [4.78, 5) is 28.5. The molecule has 1 saturated heterocycles. The van der Waals surface area contributed by atoms with Crippen LogP contribution in [0.2, 0.25) is 0 Å². The Morgan fingerprint density at radius 2 is 1.93 bits per heavy atom. The zero-order valence-corrected chi connectivity index (χ0v) is 15.6. The van der Waals surface area contributed by atoms with E-state index in [0.29, 0.717) is 25.3 Å². The maximum absolute atomic E-state index is 13.3.